The first-order chi connectivity index (χ1) is 5.40. The summed E-state index contributed by atoms with van der Waals surface area (Å²) in [7, 11) is 0. The van der Waals surface area contributed by atoms with Gasteiger partial charge in [0.25, 0.3) is 0 Å². The molecule has 0 rings (SSSR count). The topological polar surface area (TPSA) is 75.6 Å². The van der Waals surface area contributed by atoms with Gasteiger partial charge in [-0.2, -0.15) is 0 Å². The largest absolute Gasteiger partial charge is 0.480 e. The Kier molecular flexibility index (Phi) is 3.53. The van der Waals surface area contributed by atoms with Gasteiger partial charge in [0.15, 0.2) is 0 Å². The molecule has 0 saturated carbocycles. The number of carboxylic acid groups (broad SMARTS) is 1. The third kappa shape index (κ3) is 3.23. The molecule has 0 radical (unpaired) electrons. The predicted octanol–water partition coefficient (Wildman–Crippen LogP) is 0.596. The van der Waals surface area contributed by atoms with E-state index in [9.17, 15) is 9.59 Å². The second-order valence-electron chi connectivity index (χ2n) is 2.78. The van der Waals surface area contributed by atoms with Crippen molar-refractivity contribution in [3.63, 3.8) is 0 Å². The van der Waals surface area contributed by atoms with Gasteiger partial charge >= 0.3 is 12.1 Å². The van der Waals surface area contributed by atoms with E-state index in [1.165, 1.54) is 13.8 Å². The monoisotopic (exact) mass is 175 g/mol. The summed E-state index contributed by atoms with van der Waals surface area (Å²) >= 11 is 0. The summed E-state index contributed by atoms with van der Waals surface area (Å²) in [6, 6.07) is 0. The van der Waals surface area contributed by atoms with Gasteiger partial charge in [0.05, 0.1) is 6.61 Å². The Morgan fingerprint density at radius 2 is 2.00 bits per heavy atom. The van der Waals surface area contributed by atoms with Gasteiger partial charge < -0.3 is 15.2 Å². The molecule has 0 unspecified atom stereocenters. The summed E-state index contributed by atoms with van der Waals surface area (Å²) in [6.45, 7) is 4.63. The number of ether oxygens (including phenoxy) is 1. The third-order valence-electron chi connectivity index (χ3n) is 1.22. The fourth-order valence-electron chi connectivity index (χ4n) is 0.476. The van der Waals surface area contributed by atoms with E-state index in [0.29, 0.717) is 0 Å². The van der Waals surface area contributed by atoms with Gasteiger partial charge in [-0.1, -0.05) is 0 Å². The van der Waals surface area contributed by atoms with Crippen LogP contribution in [0.25, 0.3) is 0 Å². The lowest BCUT2D eigenvalue weighted by atomic mass is 10.1. The van der Waals surface area contributed by atoms with Crippen molar-refractivity contribution >= 4 is 12.1 Å². The fraction of sp³-hybridized carbons (Fsp3) is 0.714. The number of carboxylic acids is 1. The molecular weight excluding hydrogens is 162 g/mol. The van der Waals surface area contributed by atoms with Crippen molar-refractivity contribution in [1.82, 2.24) is 5.32 Å². The van der Waals surface area contributed by atoms with Crippen LogP contribution in [0.3, 0.4) is 0 Å². The number of hydrogen-bond acceptors (Lipinski definition) is 3. The standard InChI is InChI=1S/C7H13NO4/c1-4-12-6(11)8-7(2,3)5(9)10/h4H2,1-3H3,(H,8,11)(H,9,10). The van der Waals surface area contributed by atoms with E-state index in [1.807, 2.05) is 0 Å². The van der Waals surface area contributed by atoms with Crippen LogP contribution in [0.4, 0.5) is 4.79 Å². The normalized spacial score (nSPS) is 10.6. The fourth-order valence-corrected chi connectivity index (χ4v) is 0.476. The van der Waals surface area contributed by atoms with Crippen molar-refractivity contribution in [2.45, 2.75) is 26.3 Å². The Balaban J connectivity index is 4.06. The van der Waals surface area contributed by atoms with E-state index in [4.69, 9.17) is 5.11 Å². The highest BCUT2D eigenvalue weighted by molar-refractivity contribution is 5.83. The van der Waals surface area contributed by atoms with Crippen molar-refractivity contribution in [3.8, 4) is 0 Å². The molecule has 0 heterocycles. The quantitative estimate of drug-likeness (QED) is 0.658. The van der Waals surface area contributed by atoms with Crippen LogP contribution < -0.4 is 5.32 Å². The minimum absolute atomic E-state index is 0.224. The number of alkyl carbamates (subject to hydrolysis) is 1. The molecule has 0 fully saturated rings. The number of rotatable bonds is 3. The number of amides is 1. The minimum atomic E-state index is -1.29. The summed E-state index contributed by atoms with van der Waals surface area (Å²) in [4.78, 5) is 21.3. The number of hydrogen-bond donors (Lipinski definition) is 2. The molecule has 2 N–H and O–H groups in total. The maximum absolute atomic E-state index is 10.8. The molecule has 0 aliphatic carbocycles. The highest BCUT2D eigenvalue weighted by Crippen LogP contribution is 2.01. The SMILES string of the molecule is CCOC(=O)NC(C)(C)C(=O)O. The summed E-state index contributed by atoms with van der Waals surface area (Å²) in [5.41, 5.74) is -1.29. The maximum Gasteiger partial charge on any atom is 0.408 e. The Morgan fingerprint density at radius 1 is 1.50 bits per heavy atom. The Hall–Kier alpha value is -1.26. The summed E-state index contributed by atoms with van der Waals surface area (Å²) in [5.74, 6) is -1.10. The highest BCUT2D eigenvalue weighted by atomic mass is 16.5. The third-order valence-corrected chi connectivity index (χ3v) is 1.22. The lowest BCUT2D eigenvalue weighted by Crippen LogP contribution is -2.49. The van der Waals surface area contributed by atoms with E-state index in [-0.39, 0.29) is 6.61 Å². The van der Waals surface area contributed by atoms with E-state index in [1.54, 1.807) is 6.92 Å². The van der Waals surface area contributed by atoms with Crippen molar-refractivity contribution in [3.05, 3.63) is 0 Å². The first-order valence-corrected chi connectivity index (χ1v) is 3.58. The lowest BCUT2D eigenvalue weighted by Gasteiger charge is -2.19. The van der Waals surface area contributed by atoms with Crippen molar-refractivity contribution in [1.29, 1.82) is 0 Å². The van der Waals surface area contributed by atoms with Gasteiger partial charge in [-0.05, 0) is 20.8 Å². The van der Waals surface area contributed by atoms with Crippen LogP contribution in [0.2, 0.25) is 0 Å². The molecule has 0 aromatic carbocycles. The molecule has 0 spiro atoms. The van der Waals surface area contributed by atoms with Crippen LogP contribution in [0.5, 0.6) is 0 Å². The zero-order valence-electron chi connectivity index (χ0n) is 7.38. The summed E-state index contributed by atoms with van der Waals surface area (Å²) < 4.78 is 4.51. The van der Waals surface area contributed by atoms with Crippen LogP contribution in [0.1, 0.15) is 20.8 Å². The van der Waals surface area contributed by atoms with Gasteiger partial charge in [-0.25, -0.2) is 9.59 Å². The number of carbonyl (C=O) groups excluding carboxylic acids is 1. The molecule has 0 aliphatic rings. The number of aliphatic carboxylic acids is 1. The Bertz CT molecular complexity index is 188. The Labute approximate surface area is 70.7 Å². The maximum atomic E-state index is 10.8. The zero-order chi connectivity index (χ0) is 9.78. The van der Waals surface area contributed by atoms with Gasteiger partial charge in [-0.15, -0.1) is 0 Å². The van der Waals surface area contributed by atoms with E-state index in [2.05, 4.69) is 10.1 Å². The van der Waals surface area contributed by atoms with Gasteiger partial charge in [-0.3, -0.25) is 0 Å². The number of nitrogens with one attached hydrogen (secondary N) is 1. The van der Waals surface area contributed by atoms with Crippen molar-refractivity contribution in [2.75, 3.05) is 6.61 Å². The smallest absolute Gasteiger partial charge is 0.408 e. The van der Waals surface area contributed by atoms with E-state index >= 15 is 0 Å². The highest BCUT2D eigenvalue weighted by Gasteiger charge is 2.29. The molecule has 0 aromatic rings. The van der Waals surface area contributed by atoms with Gasteiger partial charge in [0.1, 0.15) is 5.54 Å². The summed E-state index contributed by atoms with van der Waals surface area (Å²) in [5, 5.41) is 10.8. The van der Waals surface area contributed by atoms with Crippen LogP contribution in [0, 0.1) is 0 Å². The number of carbonyl (C=O) groups is 2. The Morgan fingerprint density at radius 3 is 2.33 bits per heavy atom. The average molecular weight is 175 g/mol. The molecule has 0 aromatic heterocycles. The van der Waals surface area contributed by atoms with Crippen LogP contribution >= 0.6 is 0 Å². The average Bonchev–Trinajstić information content (AvgIpc) is 1.85. The van der Waals surface area contributed by atoms with E-state index < -0.39 is 17.6 Å². The van der Waals surface area contributed by atoms with Gasteiger partial charge in [0, 0.05) is 0 Å². The second kappa shape index (κ2) is 3.94. The minimum Gasteiger partial charge on any atom is -0.480 e. The molecule has 70 valence electrons. The lowest BCUT2D eigenvalue weighted by molar-refractivity contribution is -0.143. The van der Waals surface area contributed by atoms with Crippen LogP contribution in [0.15, 0.2) is 0 Å². The first-order valence-electron chi connectivity index (χ1n) is 3.58. The van der Waals surface area contributed by atoms with Crippen molar-refractivity contribution in [2.24, 2.45) is 0 Å². The van der Waals surface area contributed by atoms with Crippen LogP contribution in [-0.4, -0.2) is 29.3 Å². The molecule has 12 heavy (non-hydrogen) atoms. The predicted molar refractivity (Wildman–Crippen MR) is 41.9 cm³/mol. The molecule has 5 heteroatoms. The second-order valence-corrected chi connectivity index (χ2v) is 2.78. The molecule has 0 atom stereocenters. The molecule has 0 bridgehead atoms. The summed E-state index contributed by atoms with van der Waals surface area (Å²) in [6.07, 6.45) is -0.718. The van der Waals surface area contributed by atoms with Crippen molar-refractivity contribution < 1.29 is 19.4 Å². The molecule has 1 amide bonds. The molecule has 5 nitrogen and oxygen atoms in total. The van der Waals surface area contributed by atoms with Gasteiger partial charge in [0.2, 0.25) is 0 Å². The molecule has 0 saturated heterocycles. The molecular formula is C7H13NO4. The first kappa shape index (κ1) is 10.7. The van der Waals surface area contributed by atoms with E-state index in [0.717, 1.165) is 0 Å². The zero-order valence-corrected chi connectivity index (χ0v) is 7.38. The molecule has 0 aliphatic heterocycles. The van der Waals surface area contributed by atoms with Crippen LogP contribution in [-0.2, 0) is 9.53 Å².